The van der Waals surface area contributed by atoms with Crippen molar-refractivity contribution in [3.8, 4) is 23.6 Å². The van der Waals surface area contributed by atoms with Crippen LogP contribution in [0.25, 0.3) is 11.3 Å². The Bertz CT molecular complexity index is 595. The van der Waals surface area contributed by atoms with Crippen LogP contribution in [0.2, 0.25) is 0 Å². The standard InChI is InChI=1S/C12H11BrN4/c1-3-4-17-8(2)16-11(12(17)14)9-5-10(13)7-15-6-9/h1,5-7H,4,14H2,2H3. The van der Waals surface area contributed by atoms with E-state index in [2.05, 4.69) is 31.8 Å². The lowest BCUT2D eigenvalue weighted by Gasteiger charge is -2.03. The van der Waals surface area contributed by atoms with Gasteiger partial charge in [0.2, 0.25) is 0 Å². The van der Waals surface area contributed by atoms with E-state index in [0.29, 0.717) is 18.1 Å². The predicted octanol–water partition coefficient (Wildman–Crippen LogP) is 2.23. The fraction of sp³-hybridized carbons (Fsp3) is 0.167. The molecule has 2 aromatic rings. The van der Waals surface area contributed by atoms with Crippen molar-refractivity contribution in [3.05, 3.63) is 28.8 Å². The number of aryl methyl sites for hydroxylation is 1. The van der Waals surface area contributed by atoms with Crippen molar-refractivity contribution in [2.24, 2.45) is 0 Å². The van der Waals surface area contributed by atoms with Gasteiger partial charge in [-0.3, -0.25) is 4.98 Å². The molecule has 0 radical (unpaired) electrons. The molecule has 0 spiro atoms. The summed E-state index contributed by atoms with van der Waals surface area (Å²) in [4.78, 5) is 8.52. The van der Waals surface area contributed by atoms with E-state index in [1.807, 2.05) is 13.0 Å². The van der Waals surface area contributed by atoms with Gasteiger partial charge in [0.1, 0.15) is 17.3 Å². The number of nitrogen functional groups attached to an aromatic ring is 1. The lowest BCUT2D eigenvalue weighted by Crippen LogP contribution is -2.03. The number of aromatic nitrogens is 3. The normalized spacial score (nSPS) is 10.2. The molecule has 17 heavy (non-hydrogen) atoms. The molecule has 0 saturated carbocycles. The Balaban J connectivity index is 2.54. The van der Waals surface area contributed by atoms with Crippen LogP contribution in [0.5, 0.6) is 0 Å². The number of imidazole rings is 1. The van der Waals surface area contributed by atoms with Crippen molar-refractivity contribution >= 4 is 21.7 Å². The Labute approximate surface area is 108 Å². The fourth-order valence-electron chi connectivity index (χ4n) is 1.63. The van der Waals surface area contributed by atoms with Crippen LogP contribution >= 0.6 is 15.9 Å². The third kappa shape index (κ3) is 2.17. The first-order valence-electron chi connectivity index (χ1n) is 5.00. The van der Waals surface area contributed by atoms with E-state index >= 15 is 0 Å². The fourth-order valence-corrected chi connectivity index (χ4v) is 1.99. The molecule has 86 valence electrons. The van der Waals surface area contributed by atoms with Gasteiger partial charge in [-0.2, -0.15) is 0 Å². The van der Waals surface area contributed by atoms with Crippen LogP contribution in [0.4, 0.5) is 5.82 Å². The Hall–Kier alpha value is -1.80. The van der Waals surface area contributed by atoms with Crippen molar-refractivity contribution in [2.75, 3.05) is 5.73 Å². The van der Waals surface area contributed by atoms with E-state index in [4.69, 9.17) is 12.2 Å². The summed E-state index contributed by atoms with van der Waals surface area (Å²) < 4.78 is 2.69. The first-order valence-corrected chi connectivity index (χ1v) is 5.79. The van der Waals surface area contributed by atoms with Crippen LogP contribution < -0.4 is 5.73 Å². The minimum Gasteiger partial charge on any atom is -0.383 e. The zero-order valence-corrected chi connectivity index (χ0v) is 10.9. The number of halogens is 1. The third-order valence-electron chi connectivity index (χ3n) is 2.43. The molecule has 0 bridgehead atoms. The predicted molar refractivity (Wildman–Crippen MR) is 71.1 cm³/mol. The summed E-state index contributed by atoms with van der Waals surface area (Å²) in [5.41, 5.74) is 7.62. The van der Waals surface area contributed by atoms with E-state index < -0.39 is 0 Å². The minimum absolute atomic E-state index is 0.423. The molecule has 0 atom stereocenters. The molecule has 0 aliphatic heterocycles. The van der Waals surface area contributed by atoms with Gasteiger partial charge in [0.25, 0.3) is 0 Å². The van der Waals surface area contributed by atoms with Crippen molar-refractivity contribution in [2.45, 2.75) is 13.5 Å². The molecule has 2 heterocycles. The van der Waals surface area contributed by atoms with E-state index in [0.717, 1.165) is 15.9 Å². The van der Waals surface area contributed by atoms with E-state index in [-0.39, 0.29) is 0 Å². The number of anilines is 1. The van der Waals surface area contributed by atoms with E-state index in [9.17, 15) is 0 Å². The van der Waals surface area contributed by atoms with E-state index in [1.165, 1.54) is 0 Å². The van der Waals surface area contributed by atoms with Crippen molar-refractivity contribution < 1.29 is 0 Å². The zero-order valence-electron chi connectivity index (χ0n) is 9.31. The van der Waals surface area contributed by atoms with Crippen molar-refractivity contribution in [1.29, 1.82) is 0 Å². The molecular formula is C12H11BrN4. The number of nitrogens with zero attached hydrogens (tertiary/aromatic N) is 3. The maximum atomic E-state index is 6.03. The number of hydrogen-bond acceptors (Lipinski definition) is 3. The molecular weight excluding hydrogens is 280 g/mol. The summed E-state index contributed by atoms with van der Waals surface area (Å²) in [6.07, 6.45) is 8.73. The number of hydrogen-bond donors (Lipinski definition) is 1. The van der Waals surface area contributed by atoms with Gasteiger partial charge in [-0.15, -0.1) is 6.42 Å². The van der Waals surface area contributed by atoms with Crippen molar-refractivity contribution in [3.63, 3.8) is 0 Å². The first-order chi connectivity index (χ1) is 8.13. The van der Waals surface area contributed by atoms with Gasteiger partial charge < -0.3 is 10.3 Å². The monoisotopic (exact) mass is 290 g/mol. The second kappa shape index (κ2) is 4.60. The largest absolute Gasteiger partial charge is 0.383 e. The molecule has 0 fully saturated rings. The second-order valence-electron chi connectivity index (χ2n) is 3.57. The third-order valence-corrected chi connectivity index (χ3v) is 2.86. The summed E-state index contributed by atoms with van der Waals surface area (Å²) in [7, 11) is 0. The highest BCUT2D eigenvalue weighted by Crippen LogP contribution is 2.27. The lowest BCUT2D eigenvalue weighted by molar-refractivity contribution is 0.807. The molecule has 4 nitrogen and oxygen atoms in total. The van der Waals surface area contributed by atoms with Gasteiger partial charge in [-0.05, 0) is 28.9 Å². The van der Waals surface area contributed by atoms with Crippen LogP contribution in [0.1, 0.15) is 5.82 Å². The minimum atomic E-state index is 0.423. The summed E-state index contributed by atoms with van der Waals surface area (Å²) in [5, 5.41) is 0. The van der Waals surface area contributed by atoms with Gasteiger partial charge in [0.05, 0.1) is 6.54 Å². The Morgan fingerprint density at radius 3 is 2.94 bits per heavy atom. The maximum absolute atomic E-state index is 6.03. The number of nitrogens with two attached hydrogens (primary N) is 1. The van der Waals surface area contributed by atoms with E-state index in [1.54, 1.807) is 17.0 Å². The number of pyridine rings is 1. The molecule has 5 heteroatoms. The topological polar surface area (TPSA) is 56.7 Å². The molecule has 0 saturated heterocycles. The summed E-state index contributed by atoms with van der Waals surface area (Å²) in [6.45, 7) is 2.30. The summed E-state index contributed by atoms with van der Waals surface area (Å²) >= 11 is 3.37. The molecule has 0 aliphatic carbocycles. The van der Waals surface area contributed by atoms with Gasteiger partial charge in [-0.25, -0.2) is 4.98 Å². The van der Waals surface area contributed by atoms with Crippen LogP contribution in [0.3, 0.4) is 0 Å². The number of terminal acetylenes is 1. The van der Waals surface area contributed by atoms with Crippen molar-refractivity contribution in [1.82, 2.24) is 14.5 Å². The van der Waals surface area contributed by atoms with Crippen LogP contribution in [-0.2, 0) is 6.54 Å². The van der Waals surface area contributed by atoms with Gasteiger partial charge in [-0.1, -0.05) is 5.92 Å². The Morgan fingerprint density at radius 1 is 1.53 bits per heavy atom. The molecule has 2 rings (SSSR count). The number of rotatable bonds is 2. The molecule has 0 amide bonds. The smallest absolute Gasteiger partial charge is 0.132 e. The Kier molecular flexibility index (Phi) is 3.16. The van der Waals surface area contributed by atoms with Crippen LogP contribution in [0.15, 0.2) is 22.9 Å². The summed E-state index contributed by atoms with van der Waals surface area (Å²) in [5.74, 6) is 3.93. The second-order valence-corrected chi connectivity index (χ2v) is 4.49. The average Bonchev–Trinajstić information content (AvgIpc) is 2.57. The zero-order chi connectivity index (χ0) is 12.4. The van der Waals surface area contributed by atoms with Gasteiger partial charge >= 0.3 is 0 Å². The first kappa shape index (κ1) is 11.7. The summed E-state index contributed by atoms with van der Waals surface area (Å²) in [6, 6.07) is 1.92. The molecule has 2 aromatic heterocycles. The highest BCUT2D eigenvalue weighted by atomic mass is 79.9. The average molecular weight is 291 g/mol. The van der Waals surface area contributed by atoms with Gasteiger partial charge in [0.15, 0.2) is 0 Å². The highest BCUT2D eigenvalue weighted by Gasteiger charge is 2.13. The van der Waals surface area contributed by atoms with Crippen LogP contribution in [0, 0.1) is 19.3 Å². The van der Waals surface area contributed by atoms with Crippen LogP contribution in [-0.4, -0.2) is 14.5 Å². The molecule has 2 N–H and O–H groups in total. The molecule has 0 aliphatic rings. The van der Waals surface area contributed by atoms with Gasteiger partial charge in [0, 0.05) is 22.4 Å². The SMILES string of the molecule is C#CCn1c(C)nc(-c2cncc(Br)c2)c1N. The maximum Gasteiger partial charge on any atom is 0.132 e. The molecule has 0 unspecified atom stereocenters. The Morgan fingerprint density at radius 2 is 2.29 bits per heavy atom. The molecule has 0 aromatic carbocycles. The quantitative estimate of drug-likeness (QED) is 0.863. The highest BCUT2D eigenvalue weighted by molar-refractivity contribution is 9.10. The lowest BCUT2D eigenvalue weighted by atomic mass is 10.2.